The van der Waals surface area contributed by atoms with Crippen molar-refractivity contribution < 1.29 is 132 Å². The smallest absolute Gasteiger partial charge is 0.410 e. The highest BCUT2D eigenvalue weighted by Gasteiger charge is 2.55. The van der Waals surface area contributed by atoms with Gasteiger partial charge in [0, 0.05) is 48.5 Å². The summed E-state index contributed by atoms with van der Waals surface area (Å²) in [7, 11) is 1.30. The fourth-order valence-corrected chi connectivity index (χ4v) is 23.2. The number of nitrogens with two attached hydrogens (primary N) is 1. The normalized spacial score (nSPS) is 28.3. The molecule has 4 saturated carbocycles. The first-order valence-corrected chi connectivity index (χ1v) is 49.0. The minimum absolute atomic E-state index is 0.0391. The van der Waals surface area contributed by atoms with E-state index in [1.165, 1.54) is 45.2 Å². The van der Waals surface area contributed by atoms with Crippen LogP contribution in [0, 0.1) is 29.6 Å². The van der Waals surface area contributed by atoms with E-state index >= 15 is 33.6 Å². The summed E-state index contributed by atoms with van der Waals surface area (Å²) in [6.07, 6.45) is -18.3. The summed E-state index contributed by atoms with van der Waals surface area (Å²) in [6.45, 7) is 5.11. The Morgan fingerprint density at radius 2 is 1.11 bits per heavy atom. The molecular weight excluding hydrogens is 1920 g/mol. The van der Waals surface area contributed by atoms with Crippen molar-refractivity contribution in [2.45, 2.75) is 206 Å². The summed E-state index contributed by atoms with van der Waals surface area (Å²) in [4.78, 5) is 155. The second kappa shape index (κ2) is 40.7. The second-order valence-corrected chi connectivity index (χ2v) is 40.6. The molecule has 6 aliphatic carbocycles. The van der Waals surface area contributed by atoms with E-state index in [2.05, 4.69) is 42.5 Å². The molecule has 10 amide bonds. The summed E-state index contributed by atoms with van der Waals surface area (Å²) >= 11 is 14.7. The quantitative estimate of drug-likeness (QED) is 0.0358. The SMILES string of the molecule is CC(C)CC(C(=O)NC1C(=O)NC(CC(N)=O)C(=O)NC2C(=O)NC3C(=O)NC(C(=O)N[C@H](C(=O)NC4C5CC6CC(C5)CC4C6)c4cc(O)cc(O)c4-c4cc3ccc4O)C(O)c3ccc(c(Cl)c3)Oc3cc2cc(c3OC2OC(CO)C(O)C(O)C2OC2CC(C)(NC(=O)OCC3c4ccccc4-c4ccccc43)C(O)C(C)O2)Oc2ccc(cc2Cl)C1O)N(C)C(=O)OCC1c2ccccc2-c2ccccc21. The van der Waals surface area contributed by atoms with E-state index in [9.17, 15) is 60.3 Å². The number of aromatic hydroxyl groups is 3. The second-order valence-electron chi connectivity index (χ2n) is 39.8. The van der Waals surface area contributed by atoms with Crippen LogP contribution in [0.1, 0.15) is 171 Å². The van der Waals surface area contributed by atoms with Gasteiger partial charge in [-0.05, 0) is 209 Å². The van der Waals surface area contributed by atoms with E-state index in [1.54, 1.807) is 13.8 Å². The predicted molar refractivity (Wildman–Crippen MR) is 518 cm³/mol. The van der Waals surface area contributed by atoms with Crippen molar-refractivity contribution in [1.29, 1.82) is 0 Å². The van der Waals surface area contributed by atoms with Gasteiger partial charge in [0.1, 0.15) is 121 Å². The minimum atomic E-state index is -2.44. The molecule has 7 heterocycles. The summed E-state index contributed by atoms with van der Waals surface area (Å²) < 4.78 is 52.0. The molecule has 760 valence electrons. The van der Waals surface area contributed by atoms with Gasteiger partial charge in [0.05, 0.1) is 34.7 Å². The maximum Gasteiger partial charge on any atom is 0.410 e. The van der Waals surface area contributed by atoms with Crippen LogP contribution in [0.4, 0.5) is 9.59 Å². The van der Waals surface area contributed by atoms with E-state index < -0.39 is 262 Å². The molecule has 19 N–H and O–H groups in total. The standard InChI is InChI=1S/C106H110Cl2N10O27/c1-46(2)28-72(118(5)105(137)139-45-68-63-20-12-8-16-59(63)60-17-9-13-21-64(60)68)97(130)115-87-89(124)51-23-26-75(69(107)35-51)141-77-37-55-38-78(93(77)145-103-94(92(127)91(126)79(43-119)143-103)144-81-42-106(4,95(128)47(3)140-81)117-104(136)138-44-67-61-18-10-6-14-57(61)58-15-7-11-19-62(58)67)142-76-27-24-52(36-70(76)108)90(125)88-102(135)114-86(100(133)111-83-53-30-48-29-49(32-53)33-54(83)31-48)66-39-56(120)40-74(122)82(66)65-34-50(22-25-73(65)121)84(98(131)116-88)113-99(132)85(55)112-96(129)71(41-80(109)123)110-101(87)134/h6-27,34-40,46-49,53-54,67-68,71-72,79,81,83-92,94-95,103,119-122,124-128H,28-33,41-45H2,1-5H3,(H2,109,123)(H,110,134)(H,111,133)(H,112,129)(H,113,132)(H,114,135)(H,115,130)(H,116,131)(H,117,136)/t47?,48?,49?,53?,54?,71?,72?,79?,81?,83?,84?,85?,86-,87?,88?,89?,90?,91?,92?,94?,95?,103?,106?/m0/s1. The van der Waals surface area contributed by atoms with Gasteiger partial charge in [-0.3, -0.25) is 43.3 Å². The van der Waals surface area contributed by atoms with E-state index in [0.29, 0.717) is 11.8 Å². The minimum Gasteiger partial charge on any atom is -0.508 e. The maximum atomic E-state index is 16.7. The van der Waals surface area contributed by atoms with Gasteiger partial charge >= 0.3 is 12.2 Å². The number of hydrogen-bond acceptors (Lipinski definition) is 27. The molecule has 18 atom stereocenters. The van der Waals surface area contributed by atoms with Crippen LogP contribution in [0.25, 0.3) is 33.4 Å². The lowest BCUT2D eigenvalue weighted by molar-refractivity contribution is -0.334. The number of halogens is 2. The molecule has 145 heavy (non-hydrogen) atoms. The predicted octanol–water partition coefficient (Wildman–Crippen LogP) is 9.20. The number of rotatable bonds is 19. The molecule has 0 aromatic heterocycles. The Morgan fingerprint density at radius 3 is 1.68 bits per heavy atom. The fraction of sp³-hybridized carbons (Fsp3) is 0.396. The van der Waals surface area contributed by atoms with Crippen molar-refractivity contribution in [2.75, 3.05) is 26.9 Å². The molecular formula is C106H110Cl2N10O27. The molecule has 6 fully saturated rings. The van der Waals surface area contributed by atoms with E-state index in [0.717, 1.165) is 136 Å². The van der Waals surface area contributed by atoms with Crippen molar-refractivity contribution in [1.82, 2.24) is 47.4 Å². The molecule has 15 bridgehead atoms. The highest BCUT2D eigenvalue weighted by atomic mass is 35.5. The van der Waals surface area contributed by atoms with Crippen LogP contribution in [0.3, 0.4) is 0 Å². The first kappa shape index (κ1) is 100. The fourth-order valence-electron chi connectivity index (χ4n) is 22.8. The number of fused-ring (bicyclic) bond motifs is 21. The summed E-state index contributed by atoms with van der Waals surface area (Å²) in [5.74, 6) is -15.4. The van der Waals surface area contributed by atoms with Crippen LogP contribution >= 0.6 is 23.2 Å². The van der Waals surface area contributed by atoms with E-state index in [4.69, 9.17) is 66.8 Å². The molecule has 22 rings (SSSR count). The Bertz CT molecular complexity index is 6510. The number of phenolic OH excluding ortho intramolecular Hbond substituents is 3. The van der Waals surface area contributed by atoms with Gasteiger partial charge in [-0.2, -0.15) is 0 Å². The van der Waals surface area contributed by atoms with Gasteiger partial charge in [0.25, 0.3) is 0 Å². The lowest BCUT2D eigenvalue weighted by atomic mass is 9.54. The molecule has 7 aliphatic heterocycles. The average molecular weight is 2030 g/mol. The van der Waals surface area contributed by atoms with Crippen molar-refractivity contribution >= 4 is 82.6 Å². The molecule has 0 spiro atoms. The van der Waals surface area contributed by atoms with Crippen LogP contribution in [-0.4, -0.2) is 222 Å². The lowest BCUT2D eigenvalue weighted by Crippen LogP contribution is -2.66. The van der Waals surface area contributed by atoms with Crippen LogP contribution in [0.15, 0.2) is 176 Å². The molecule has 0 radical (unpaired) electrons. The third kappa shape index (κ3) is 19.8. The highest BCUT2D eigenvalue weighted by molar-refractivity contribution is 6.32. The van der Waals surface area contributed by atoms with Crippen molar-refractivity contribution in [3.8, 4) is 79.4 Å². The number of carbonyl (C=O) groups is 10. The van der Waals surface area contributed by atoms with Gasteiger partial charge in [0.15, 0.2) is 23.9 Å². The number of benzene rings is 9. The average Bonchev–Trinajstić information content (AvgIpc) is 1.68. The molecule has 2 saturated heterocycles. The third-order valence-electron chi connectivity index (χ3n) is 29.7. The van der Waals surface area contributed by atoms with Crippen LogP contribution in [0.2, 0.25) is 10.0 Å². The van der Waals surface area contributed by atoms with Crippen LogP contribution in [0.5, 0.6) is 46.0 Å². The van der Waals surface area contributed by atoms with E-state index in [-0.39, 0.29) is 76.7 Å². The number of nitrogens with one attached hydrogen (secondary N) is 8. The van der Waals surface area contributed by atoms with Gasteiger partial charge in [-0.1, -0.05) is 152 Å². The number of hydrogen-bond donors (Lipinski definition) is 18. The van der Waals surface area contributed by atoms with Crippen molar-refractivity contribution in [2.24, 2.45) is 35.3 Å². The Kier molecular flexibility index (Phi) is 28.1. The van der Waals surface area contributed by atoms with Gasteiger partial charge < -0.3 is 132 Å². The number of likely N-dealkylation sites (N-methyl/N-ethyl adjacent to an activating group) is 1. The van der Waals surface area contributed by atoms with Crippen molar-refractivity contribution in [3.63, 3.8) is 0 Å². The lowest BCUT2D eigenvalue weighted by Gasteiger charge is -2.54. The molecule has 9 aromatic carbocycles. The summed E-state index contributed by atoms with van der Waals surface area (Å²) in [5.41, 5.74) is 9.25. The first-order chi connectivity index (χ1) is 69.4. The molecule has 39 heteroatoms. The summed E-state index contributed by atoms with van der Waals surface area (Å²) in [5, 5.41) is 130. The third-order valence-corrected chi connectivity index (χ3v) is 30.3. The first-order valence-electron chi connectivity index (χ1n) is 48.2. The molecule has 17 unspecified atom stereocenters. The number of carbonyl (C=O) groups excluding carboxylic acids is 10. The topological polar surface area (TPSA) is 552 Å². The van der Waals surface area contributed by atoms with Crippen LogP contribution in [-0.2, 0) is 62.0 Å². The molecule has 37 nitrogen and oxygen atoms in total. The van der Waals surface area contributed by atoms with Crippen LogP contribution < -0.4 is 62.5 Å². The Hall–Kier alpha value is -13.7. The van der Waals surface area contributed by atoms with Crippen molar-refractivity contribution in [3.05, 3.63) is 236 Å². The zero-order chi connectivity index (χ0) is 102. The maximum absolute atomic E-state index is 16.7. The number of primary amides is 1. The number of nitrogens with zero attached hydrogens (tertiary/aromatic N) is 1. The number of aliphatic hydroxyl groups is 6. The van der Waals surface area contributed by atoms with E-state index in [1.807, 2.05) is 97.1 Å². The summed E-state index contributed by atoms with van der Waals surface area (Å²) in [6, 6.07) is 29.6. The highest BCUT2D eigenvalue weighted by Crippen LogP contribution is 2.56. The molecule has 9 aromatic rings. The Balaban J connectivity index is 0.725. The number of alkyl carbamates (subject to hydrolysis) is 1. The van der Waals surface area contributed by atoms with Gasteiger partial charge in [-0.25, -0.2) is 9.59 Å². The largest absolute Gasteiger partial charge is 0.508 e. The number of amides is 10. The zero-order valence-corrected chi connectivity index (χ0v) is 80.6. The molecule has 13 aliphatic rings. The zero-order valence-electron chi connectivity index (χ0n) is 79.1. The monoisotopic (exact) mass is 2020 g/mol. The Labute approximate surface area is 841 Å². The Morgan fingerprint density at radius 1 is 0.566 bits per heavy atom. The number of ether oxygens (including phenoxy) is 8. The van der Waals surface area contributed by atoms with Gasteiger partial charge in [-0.15, -0.1) is 0 Å². The van der Waals surface area contributed by atoms with Gasteiger partial charge in [0.2, 0.25) is 59.3 Å². The number of aliphatic hydroxyl groups excluding tert-OH is 6. The number of phenols is 3.